The van der Waals surface area contributed by atoms with Crippen LogP contribution in [0.15, 0.2) is 59.6 Å². The Labute approximate surface area is 143 Å². The van der Waals surface area contributed by atoms with Gasteiger partial charge in [-0.1, -0.05) is 65.8 Å². The topological polar surface area (TPSA) is 71.8 Å². The van der Waals surface area contributed by atoms with Gasteiger partial charge in [0.1, 0.15) is 10.9 Å². The number of nitrogens with one attached hydrogen (secondary N) is 1. The smallest absolute Gasteiger partial charge is 0.227 e. The van der Waals surface area contributed by atoms with Gasteiger partial charge in [-0.3, -0.25) is 4.79 Å². The Morgan fingerprint density at radius 3 is 2.52 bits per heavy atom. The first-order valence-electron chi connectivity index (χ1n) is 6.96. The summed E-state index contributed by atoms with van der Waals surface area (Å²) in [6.45, 7) is 0. The molecule has 3 rings (SSSR count). The highest BCUT2D eigenvalue weighted by molar-refractivity contribution is 8.00. The number of H-pyrrole nitrogens is 1. The number of halogens is 1. The summed E-state index contributed by atoms with van der Waals surface area (Å²) in [5.41, 5.74) is 7.91. The van der Waals surface area contributed by atoms with Crippen molar-refractivity contribution in [3.63, 3.8) is 0 Å². The van der Waals surface area contributed by atoms with E-state index in [0.717, 1.165) is 21.8 Å². The normalized spacial score (nSPS) is 10.7. The van der Waals surface area contributed by atoms with E-state index in [1.807, 2.05) is 54.6 Å². The van der Waals surface area contributed by atoms with E-state index in [1.165, 1.54) is 11.8 Å². The predicted octanol–water partition coefficient (Wildman–Crippen LogP) is 3.97. The number of carbonyl (C=O) groups excluding carboxylic acids is 1. The van der Waals surface area contributed by atoms with Crippen LogP contribution in [0.25, 0.3) is 22.6 Å². The molecule has 1 aromatic heterocycles. The van der Waals surface area contributed by atoms with E-state index in [1.54, 1.807) is 0 Å². The molecule has 2 aromatic carbocycles. The standard InChI is InChI=1S/C17H14ClN3OS/c18-13-9-5-4-8-12(13)16-20-15(11-6-2-1-3-7-11)17(21-16)23-10-14(19)22/h1-9H,10H2,(H2,19,22)(H,20,21). The predicted molar refractivity (Wildman–Crippen MR) is 94.4 cm³/mol. The fourth-order valence-electron chi connectivity index (χ4n) is 2.18. The summed E-state index contributed by atoms with van der Waals surface area (Å²) in [6.07, 6.45) is 0. The lowest BCUT2D eigenvalue weighted by Crippen LogP contribution is -2.13. The molecule has 0 aliphatic rings. The van der Waals surface area contributed by atoms with E-state index in [4.69, 9.17) is 17.3 Å². The Kier molecular flexibility index (Phi) is 4.69. The molecule has 23 heavy (non-hydrogen) atoms. The Morgan fingerprint density at radius 1 is 1.13 bits per heavy atom. The number of thioether (sulfide) groups is 1. The van der Waals surface area contributed by atoms with Crippen LogP contribution in [0.1, 0.15) is 0 Å². The number of nitrogens with zero attached hydrogens (tertiary/aromatic N) is 1. The Balaban J connectivity index is 2.06. The quantitative estimate of drug-likeness (QED) is 0.688. The second-order valence-electron chi connectivity index (χ2n) is 4.87. The van der Waals surface area contributed by atoms with E-state index < -0.39 is 0 Å². The summed E-state index contributed by atoms with van der Waals surface area (Å²) in [6, 6.07) is 17.3. The molecule has 3 aromatic rings. The lowest BCUT2D eigenvalue weighted by Gasteiger charge is -2.01. The van der Waals surface area contributed by atoms with Crippen molar-refractivity contribution in [1.82, 2.24) is 9.97 Å². The Hall–Kier alpha value is -2.24. The van der Waals surface area contributed by atoms with Crippen LogP contribution in [-0.4, -0.2) is 21.6 Å². The number of imidazole rings is 1. The molecule has 0 unspecified atom stereocenters. The fraction of sp³-hybridized carbons (Fsp3) is 0.0588. The molecule has 0 aliphatic carbocycles. The number of carbonyl (C=O) groups is 1. The minimum absolute atomic E-state index is 0.173. The molecule has 4 nitrogen and oxygen atoms in total. The van der Waals surface area contributed by atoms with Crippen LogP contribution in [0.5, 0.6) is 0 Å². The maximum atomic E-state index is 11.1. The number of rotatable bonds is 5. The SMILES string of the molecule is NC(=O)CSc1nc(-c2ccccc2Cl)[nH]c1-c1ccccc1. The monoisotopic (exact) mass is 343 g/mol. The minimum atomic E-state index is -0.378. The van der Waals surface area contributed by atoms with E-state index in [0.29, 0.717) is 10.8 Å². The Bertz CT molecular complexity index is 833. The molecule has 0 spiro atoms. The molecule has 0 saturated carbocycles. The van der Waals surface area contributed by atoms with Crippen molar-refractivity contribution in [1.29, 1.82) is 0 Å². The molecule has 0 saturated heterocycles. The van der Waals surface area contributed by atoms with Gasteiger partial charge in [0.2, 0.25) is 5.91 Å². The van der Waals surface area contributed by atoms with Crippen molar-refractivity contribution in [3.05, 3.63) is 59.6 Å². The molecule has 1 heterocycles. The average Bonchev–Trinajstić information content (AvgIpc) is 2.98. The largest absolute Gasteiger partial charge is 0.369 e. The third-order valence-corrected chi connectivity index (χ3v) is 4.54. The number of aromatic nitrogens is 2. The Morgan fingerprint density at radius 2 is 1.83 bits per heavy atom. The van der Waals surface area contributed by atoms with Gasteiger partial charge in [0.05, 0.1) is 16.5 Å². The van der Waals surface area contributed by atoms with E-state index in [2.05, 4.69) is 9.97 Å². The fourth-order valence-corrected chi connectivity index (χ4v) is 3.16. The van der Waals surface area contributed by atoms with Gasteiger partial charge in [0, 0.05) is 11.1 Å². The van der Waals surface area contributed by atoms with Crippen LogP contribution in [0.2, 0.25) is 5.02 Å². The molecule has 3 N–H and O–H groups in total. The third kappa shape index (κ3) is 3.57. The van der Waals surface area contributed by atoms with Gasteiger partial charge >= 0.3 is 0 Å². The first-order chi connectivity index (χ1) is 11.1. The number of aromatic amines is 1. The van der Waals surface area contributed by atoms with Crippen molar-refractivity contribution < 1.29 is 4.79 Å². The zero-order valence-corrected chi connectivity index (χ0v) is 13.7. The third-order valence-electron chi connectivity index (χ3n) is 3.21. The second-order valence-corrected chi connectivity index (χ2v) is 6.24. The molecule has 1 amide bonds. The summed E-state index contributed by atoms with van der Waals surface area (Å²) in [7, 11) is 0. The lowest BCUT2D eigenvalue weighted by molar-refractivity contribution is -0.115. The van der Waals surface area contributed by atoms with Gasteiger partial charge in [-0.2, -0.15) is 0 Å². The maximum absolute atomic E-state index is 11.1. The van der Waals surface area contributed by atoms with E-state index >= 15 is 0 Å². The van der Waals surface area contributed by atoms with Crippen LogP contribution in [-0.2, 0) is 4.79 Å². The highest BCUT2D eigenvalue weighted by Crippen LogP contribution is 2.34. The first-order valence-corrected chi connectivity index (χ1v) is 8.33. The number of amides is 1. The van der Waals surface area contributed by atoms with Crippen LogP contribution in [0, 0.1) is 0 Å². The van der Waals surface area contributed by atoms with Gasteiger partial charge < -0.3 is 10.7 Å². The summed E-state index contributed by atoms with van der Waals surface area (Å²) in [5.74, 6) is 0.463. The zero-order chi connectivity index (χ0) is 16.2. The molecule has 6 heteroatoms. The van der Waals surface area contributed by atoms with Crippen molar-refractivity contribution in [2.24, 2.45) is 5.73 Å². The number of hydrogen-bond acceptors (Lipinski definition) is 3. The van der Waals surface area contributed by atoms with E-state index in [-0.39, 0.29) is 11.7 Å². The summed E-state index contributed by atoms with van der Waals surface area (Å²) >= 11 is 7.56. The molecule has 0 atom stereocenters. The van der Waals surface area contributed by atoms with Gasteiger partial charge in [-0.25, -0.2) is 4.98 Å². The van der Waals surface area contributed by atoms with Gasteiger partial charge in [0.25, 0.3) is 0 Å². The summed E-state index contributed by atoms with van der Waals surface area (Å²) in [5, 5.41) is 1.34. The lowest BCUT2D eigenvalue weighted by atomic mass is 10.2. The maximum Gasteiger partial charge on any atom is 0.227 e. The molecule has 116 valence electrons. The van der Waals surface area contributed by atoms with Crippen LogP contribution < -0.4 is 5.73 Å². The molecular weight excluding hydrogens is 330 g/mol. The van der Waals surface area contributed by atoms with Gasteiger partial charge in [0.15, 0.2) is 0 Å². The minimum Gasteiger partial charge on any atom is -0.369 e. The van der Waals surface area contributed by atoms with Crippen LogP contribution >= 0.6 is 23.4 Å². The number of nitrogens with two attached hydrogens (primary N) is 1. The molecule has 0 fully saturated rings. The molecular formula is C17H14ClN3OS. The second kappa shape index (κ2) is 6.89. The van der Waals surface area contributed by atoms with Crippen LogP contribution in [0.4, 0.5) is 0 Å². The average molecular weight is 344 g/mol. The van der Waals surface area contributed by atoms with Crippen molar-refractivity contribution in [3.8, 4) is 22.6 Å². The number of benzene rings is 2. The molecule has 0 radical (unpaired) electrons. The van der Waals surface area contributed by atoms with Gasteiger partial charge in [-0.05, 0) is 12.1 Å². The van der Waals surface area contributed by atoms with Crippen molar-refractivity contribution in [2.75, 3.05) is 5.75 Å². The van der Waals surface area contributed by atoms with Gasteiger partial charge in [-0.15, -0.1) is 0 Å². The van der Waals surface area contributed by atoms with Crippen LogP contribution in [0.3, 0.4) is 0 Å². The van der Waals surface area contributed by atoms with E-state index in [9.17, 15) is 4.79 Å². The number of primary amides is 1. The van der Waals surface area contributed by atoms with Crippen molar-refractivity contribution >= 4 is 29.3 Å². The highest BCUT2D eigenvalue weighted by atomic mass is 35.5. The first kappa shape index (κ1) is 15.6. The molecule has 0 aliphatic heterocycles. The van der Waals surface area contributed by atoms with Crippen molar-refractivity contribution in [2.45, 2.75) is 5.03 Å². The zero-order valence-electron chi connectivity index (χ0n) is 12.1. The summed E-state index contributed by atoms with van der Waals surface area (Å²) in [4.78, 5) is 19.0. The molecule has 0 bridgehead atoms. The highest BCUT2D eigenvalue weighted by Gasteiger charge is 2.16. The summed E-state index contributed by atoms with van der Waals surface area (Å²) < 4.78 is 0. The number of hydrogen-bond donors (Lipinski definition) is 2.